The van der Waals surface area contributed by atoms with E-state index in [0.29, 0.717) is 22.2 Å². The lowest BCUT2D eigenvalue weighted by Gasteiger charge is -2.14. The molecule has 22 heavy (non-hydrogen) atoms. The number of halogens is 2. The van der Waals surface area contributed by atoms with E-state index in [1.54, 1.807) is 36.8 Å². The van der Waals surface area contributed by atoms with Crippen LogP contribution in [-0.4, -0.2) is 28.5 Å². The molecule has 0 bridgehead atoms. The first-order chi connectivity index (χ1) is 10.5. The first-order valence-corrected chi connectivity index (χ1v) is 7.42. The Hall–Kier alpha value is -1.85. The van der Waals surface area contributed by atoms with Crippen LogP contribution in [0, 0.1) is 0 Å². The second-order valence-corrected chi connectivity index (χ2v) is 5.58. The Kier molecular flexibility index (Phi) is 5.98. The van der Waals surface area contributed by atoms with E-state index in [9.17, 15) is 4.79 Å². The molecule has 5 nitrogen and oxygen atoms in total. The van der Waals surface area contributed by atoms with Crippen LogP contribution in [0.25, 0.3) is 0 Å². The fraction of sp³-hybridized carbons (Fsp3) is 0.267. The molecule has 0 fully saturated rings. The van der Waals surface area contributed by atoms with Crippen LogP contribution in [-0.2, 0) is 11.2 Å². The highest BCUT2D eigenvalue weighted by atomic mass is 35.5. The molecule has 1 amide bonds. The lowest BCUT2D eigenvalue weighted by molar-refractivity contribution is -0.123. The summed E-state index contributed by atoms with van der Waals surface area (Å²) in [6.45, 7) is 1.77. The lowest BCUT2D eigenvalue weighted by Crippen LogP contribution is -2.37. The Balaban J connectivity index is 1.80. The summed E-state index contributed by atoms with van der Waals surface area (Å²) >= 11 is 11.8. The average Bonchev–Trinajstić information content (AvgIpc) is 2.47. The third-order valence-electron chi connectivity index (χ3n) is 2.79. The normalized spacial score (nSPS) is 11.8. The van der Waals surface area contributed by atoms with Gasteiger partial charge in [0.1, 0.15) is 5.75 Å². The van der Waals surface area contributed by atoms with Gasteiger partial charge in [-0.25, -0.2) is 0 Å². The van der Waals surface area contributed by atoms with Crippen molar-refractivity contribution < 1.29 is 9.53 Å². The van der Waals surface area contributed by atoms with E-state index in [0.717, 1.165) is 5.69 Å². The zero-order valence-electron chi connectivity index (χ0n) is 11.9. The number of ether oxygens (including phenoxy) is 1. The molecule has 0 saturated heterocycles. The van der Waals surface area contributed by atoms with Gasteiger partial charge in [-0.3, -0.25) is 14.8 Å². The number of rotatable bonds is 6. The van der Waals surface area contributed by atoms with Gasteiger partial charge in [-0.1, -0.05) is 23.2 Å². The third kappa shape index (κ3) is 5.16. The first-order valence-electron chi connectivity index (χ1n) is 6.66. The van der Waals surface area contributed by atoms with E-state index < -0.39 is 0 Å². The van der Waals surface area contributed by atoms with Crippen molar-refractivity contribution in [3.05, 3.63) is 52.5 Å². The number of aromatic nitrogens is 2. The van der Waals surface area contributed by atoms with Crippen molar-refractivity contribution in [1.29, 1.82) is 0 Å². The zero-order valence-corrected chi connectivity index (χ0v) is 13.4. The average molecular weight is 340 g/mol. The van der Waals surface area contributed by atoms with Gasteiger partial charge in [-0.05, 0) is 25.1 Å². The summed E-state index contributed by atoms with van der Waals surface area (Å²) in [7, 11) is 0. The molecule has 116 valence electrons. The molecule has 1 heterocycles. The minimum atomic E-state index is -0.234. The number of carbonyl (C=O) groups is 1. The van der Waals surface area contributed by atoms with Gasteiger partial charge in [-0.15, -0.1) is 0 Å². The third-order valence-corrected chi connectivity index (χ3v) is 3.32. The van der Waals surface area contributed by atoms with Crippen molar-refractivity contribution in [3.63, 3.8) is 0 Å². The number of nitrogens with one attached hydrogen (secondary N) is 1. The summed E-state index contributed by atoms with van der Waals surface area (Å²) < 4.78 is 5.37. The van der Waals surface area contributed by atoms with E-state index in [4.69, 9.17) is 27.9 Å². The van der Waals surface area contributed by atoms with Crippen LogP contribution in [0.4, 0.5) is 0 Å². The molecule has 0 saturated carbocycles. The molecule has 2 aromatic rings. The molecule has 2 rings (SSSR count). The van der Waals surface area contributed by atoms with Crippen LogP contribution in [0.1, 0.15) is 12.6 Å². The number of amides is 1. The zero-order chi connectivity index (χ0) is 15.9. The summed E-state index contributed by atoms with van der Waals surface area (Å²) in [5.41, 5.74) is 0.817. The van der Waals surface area contributed by atoms with Gasteiger partial charge in [0.25, 0.3) is 5.91 Å². The van der Waals surface area contributed by atoms with Crippen molar-refractivity contribution in [2.75, 3.05) is 6.61 Å². The van der Waals surface area contributed by atoms with E-state index in [-0.39, 0.29) is 18.6 Å². The maximum Gasteiger partial charge on any atom is 0.258 e. The Bertz CT molecular complexity index is 638. The highest BCUT2D eigenvalue weighted by Gasteiger charge is 2.11. The minimum absolute atomic E-state index is 0.0755. The molecule has 0 aliphatic rings. The van der Waals surface area contributed by atoms with Crippen LogP contribution in [0.3, 0.4) is 0 Å². The van der Waals surface area contributed by atoms with Crippen molar-refractivity contribution in [1.82, 2.24) is 15.3 Å². The second-order valence-electron chi connectivity index (χ2n) is 4.73. The van der Waals surface area contributed by atoms with Crippen LogP contribution in [0.2, 0.25) is 10.0 Å². The largest absolute Gasteiger partial charge is 0.482 e. The van der Waals surface area contributed by atoms with Crippen molar-refractivity contribution >= 4 is 29.1 Å². The van der Waals surface area contributed by atoms with E-state index in [1.807, 2.05) is 6.92 Å². The van der Waals surface area contributed by atoms with Crippen molar-refractivity contribution in [2.45, 2.75) is 19.4 Å². The molecular formula is C15H15Cl2N3O2. The number of carbonyl (C=O) groups excluding carboxylic acids is 1. The number of hydrogen-bond donors (Lipinski definition) is 1. The van der Waals surface area contributed by atoms with Crippen LogP contribution < -0.4 is 10.1 Å². The Morgan fingerprint density at radius 2 is 2.18 bits per heavy atom. The smallest absolute Gasteiger partial charge is 0.258 e. The predicted molar refractivity (Wildman–Crippen MR) is 85.3 cm³/mol. The quantitative estimate of drug-likeness (QED) is 0.878. The molecule has 7 heteroatoms. The Labute approximate surface area is 138 Å². The monoisotopic (exact) mass is 339 g/mol. The molecule has 1 aromatic heterocycles. The molecule has 0 aliphatic heterocycles. The number of benzene rings is 1. The maximum absolute atomic E-state index is 11.9. The van der Waals surface area contributed by atoms with Crippen LogP contribution >= 0.6 is 23.2 Å². The first kappa shape index (κ1) is 16.5. The Morgan fingerprint density at radius 3 is 2.86 bits per heavy atom. The van der Waals surface area contributed by atoms with Gasteiger partial charge in [-0.2, -0.15) is 0 Å². The highest BCUT2D eigenvalue weighted by Crippen LogP contribution is 2.27. The Morgan fingerprint density at radius 1 is 1.36 bits per heavy atom. The van der Waals surface area contributed by atoms with Gasteiger partial charge in [0.05, 0.1) is 10.7 Å². The topological polar surface area (TPSA) is 64.1 Å². The lowest BCUT2D eigenvalue weighted by atomic mass is 10.2. The second kappa shape index (κ2) is 7.96. The minimum Gasteiger partial charge on any atom is -0.482 e. The number of nitrogens with zero attached hydrogens (tertiary/aromatic N) is 2. The standard InChI is InChI=1S/C15H15Cl2N3O2/c1-10(6-12-8-18-4-5-19-12)20-15(21)9-22-14-3-2-11(16)7-13(14)17/h2-5,7-8,10H,6,9H2,1H3,(H,20,21)/t10-/m1/s1. The number of hydrogen-bond acceptors (Lipinski definition) is 4. The molecular weight excluding hydrogens is 325 g/mol. The predicted octanol–water partition coefficient (Wildman–Crippen LogP) is 2.91. The van der Waals surface area contributed by atoms with Crippen LogP contribution in [0.15, 0.2) is 36.8 Å². The molecule has 0 spiro atoms. The van der Waals surface area contributed by atoms with Crippen molar-refractivity contribution in [2.24, 2.45) is 0 Å². The van der Waals surface area contributed by atoms with Gasteiger partial charge < -0.3 is 10.1 Å². The summed E-state index contributed by atoms with van der Waals surface area (Å²) in [5, 5.41) is 3.71. The van der Waals surface area contributed by atoms with Crippen molar-refractivity contribution in [3.8, 4) is 5.75 Å². The van der Waals surface area contributed by atoms with E-state index in [2.05, 4.69) is 15.3 Å². The fourth-order valence-electron chi connectivity index (χ4n) is 1.85. The summed E-state index contributed by atoms with van der Waals surface area (Å²) in [6, 6.07) is 4.76. The van der Waals surface area contributed by atoms with Gasteiger partial charge >= 0.3 is 0 Å². The van der Waals surface area contributed by atoms with Gasteiger partial charge in [0, 0.05) is 36.1 Å². The molecule has 1 atom stereocenters. The maximum atomic E-state index is 11.9. The molecule has 1 aromatic carbocycles. The van der Waals surface area contributed by atoms with Gasteiger partial charge in [0.15, 0.2) is 6.61 Å². The summed E-state index contributed by atoms with van der Waals surface area (Å²) in [5.74, 6) is 0.185. The SMILES string of the molecule is C[C@H](Cc1cnccn1)NC(=O)COc1ccc(Cl)cc1Cl. The van der Waals surface area contributed by atoms with Gasteiger partial charge in [0.2, 0.25) is 0 Å². The highest BCUT2D eigenvalue weighted by molar-refractivity contribution is 6.35. The van der Waals surface area contributed by atoms with E-state index >= 15 is 0 Å². The molecule has 0 radical (unpaired) electrons. The molecule has 0 aliphatic carbocycles. The molecule has 1 N–H and O–H groups in total. The van der Waals surface area contributed by atoms with Crippen LogP contribution in [0.5, 0.6) is 5.75 Å². The fourth-order valence-corrected chi connectivity index (χ4v) is 2.32. The van der Waals surface area contributed by atoms with E-state index in [1.165, 1.54) is 0 Å². The summed E-state index contributed by atoms with van der Waals surface area (Å²) in [4.78, 5) is 20.0. The molecule has 0 unspecified atom stereocenters. The summed E-state index contributed by atoms with van der Waals surface area (Å²) in [6.07, 6.45) is 5.50.